The molecule has 1 atom stereocenters. The molecule has 1 unspecified atom stereocenters. The van der Waals surface area contributed by atoms with Gasteiger partial charge in [0, 0.05) is 10.8 Å². The first kappa shape index (κ1) is 29.8. The summed E-state index contributed by atoms with van der Waals surface area (Å²) < 4.78 is 17.1. The molecule has 1 aliphatic heterocycles. The number of halogens is 1. The van der Waals surface area contributed by atoms with E-state index in [1.165, 1.54) is 49.3 Å². The van der Waals surface area contributed by atoms with E-state index in [0.717, 1.165) is 16.9 Å². The number of thioether (sulfide) groups is 1. The smallest absolute Gasteiger partial charge is 0.296 e. The minimum absolute atomic E-state index is 0.110. The fraction of sp³-hybridized carbons (Fsp3) is 0.250. The highest BCUT2D eigenvalue weighted by Gasteiger charge is 2.47. The number of amides is 1. The van der Waals surface area contributed by atoms with Crippen LogP contribution in [-0.4, -0.2) is 53.3 Å². The summed E-state index contributed by atoms with van der Waals surface area (Å²) >= 11 is 10.1. The van der Waals surface area contributed by atoms with Crippen molar-refractivity contribution >= 4 is 62.9 Å². The fourth-order valence-corrected chi connectivity index (χ4v) is 7.61. The van der Waals surface area contributed by atoms with E-state index in [4.69, 9.17) is 25.8 Å². The maximum absolute atomic E-state index is 14.0. The molecule has 1 N–H and O–H groups in total. The van der Waals surface area contributed by atoms with Gasteiger partial charge in [-0.3, -0.25) is 14.5 Å². The standard InChI is InChI=1S/C28H25ClN4O6S3/c1-13-25(41-14(2)30-13)22(34)20-21(16-10-18(37-3)24(39-5)19(11-16)38-4)33(26(36)23(20)35)27-31-32-28(42-27)40-12-15-8-6-7-9-17(15)29/h6-11,21,35H,12H2,1-5H3. The lowest BCUT2D eigenvalue weighted by Gasteiger charge is -2.25. The lowest BCUT2D eigenvalue weighted by atomic mass is 9.94. The number of carbonyl (C=O) groups excluding carboxylic acids is 2. The number of aromatic nitrogens is 3. The number of ketones is 1. The predicted octanol–water partition coefficient (Wildman–Crippen LogP) is 6.37. The number of ether oxygens (including phenoxy) is 3. The quantitative estimate of drug-likeness (QED) is 0.118. The molecule has 4 aromatic rings. The number of Topliss-reactive ketones (excluding diaryl/α,β-unsaturated/α-hetero) is 1. The topological polar surface area (TPSA) is 124 Å². The highest BCUT2D eigenvalue weighted by atomic mass is 35.5. The number of hydrogen-bond acceptors (Lipinski definition) is 12. The van der Waals surface area contributed by atoms with Gasteiger partial charge in [-0.25, -0.2) is 4.98 Å². The van der Waals surface area contributed by atoms with Crippen LogP contribution in [0.4, 0.5) is 5.13 Å². The average Bonchev–Trinajstić information content (AvgIpc) is 3.66. The van der Waals surface area contributed by atoms with E-state index in [9.17, 15) is 14.7 Å². The van der Waals surface area contributed by atoms with Crippen LogP contribution in [0.2, 0.25) is 5.02 Å². The van der Waals surface area contributed by atoms with Crippen molar-refractivity contribution in [3.8, 4) is 17.2 Å². The highest BCUT2D eigenvalue weighted by Crippen LogP contribution is 2.48. The average molecular weight is 645 g/mol. The van der Waals surface area contributed by atoms with Crippen LogP contribution in [0, 0.1) is 13.8 Å². The summed E-state index contributed by atoms with van der Waals surface area (Å²) in [4.78, 5) is 33.6. The second kappa shape index (κ2) is 12.3. The normalized spacial score (nSPS) is 15.0. The third-order valence-corrected chi connectivity index (χ3v) is 10.0. The van der Waals surface area contributed by atoms with Gasteiger partial charge in [0.05, 0.1) is 48.5 Å². The third-order valence-electron chi connectivity index (χ3n) is 6.48. The molecular formula is C28H25ClN4O6S3. The minimum atomic E-state index is -1.07. The largest absolute Gasteiger partial charge is 0.503 e. The van der Waals surface area contributed by atoms with E-state index in [1.54, 1.807) is 26.0 Å². The lowest BCUT2D eigenvalue weighted by molar-refractivity contribution is -0.117. The summed E-state index contributed by atoms with van der Waals surface area (Å²) in [5.74, 6) is -0.465. The van der Waals surface area contributed by atoms with Crippen LogP contribution in [-0.2, 0) is 10.5 Å². The number of aliphatic hydroxyl groups is 1. The van der Waals surface area contributed by atoms with Crippen LogP contribution in [0.25, 0.3) is 0 Å². The Morgan fingerprint density at radius 3 is 2.36 bits per heavy atom. The molecule has 5 rings (SSSR count). The summed E-state index contributed by atoms with van der Waals surface area (Å²) in [7, 11) is 4.41. The molecule has 42 heavy (non-hydrogen) atoms. The lowest BCUT2D eigenvalue weighted by Crippen LogP contribution is -2.31. The number of thiazole rings is 1. The van der Waals surface area contributed by atoms with Crippen LogP contribution in [0.5, 0.6) is 17.2 Å². The Morgan fingerprint density at radius 1 is 1.07 bits per heavy atom. The molecule has 0 radical (unpaired) electrons. The zero-order valence-electron chi connectivity index (χ0n) is 23.1. The second-order valence-electron chi connectivity index (χ2n) is 9.01. The molecule has 2 aromatic carbocycles. The van der Waals surface area contributed by atoms with Crippen LogP contribution in [0.1, 0.15) is 37.5 Å². The number of anilines is 1. The molecule has 1 aliphatic rings. The number of rotatable bonds is 10. The molecule has 0 aliphatic carbocycles. The van der Waals surface area contributed by atoms with Crippen molar-refractivity contribution in [1.29, 1.82) is 0 Å². The summed E-state index contributed by atoms with van der Waals surface area (Å²) in [5, 5.41) is 21.3. The monoisotopic (exact) mass is 644 g/mol. The van der Waals surface area contributed by atoms with Crippen LogP contribution >= 0.6 is 46.0 Å². The second-order valence-corrected chi connectivity index (χ2v) is 12.8. The van der Waals surface area contributed by atoms with Gasteiger partial charge in [0.15, 0.2) is 21.6 Å². The first-order valence-electron chi connectivity index (χ1n) is 12.4. The third kappa shape index (κ3) is 5.44. The van der Waals surface area contributed by atoms with Crippen LogP contribution < -0.4 is 19.1 Å². The van der Waals surface area contributed by atoms with Gasteiger partial charge in [0.1, 0.15) is 0 Å². The predicted molar refractivity (Wildman–Crippen MR) is 163 cm³/mol. The van der Waals surface area contributed by atoms with Crippen molar-refractivity contribution < 1.29 is 28.9 Å². The fourth-order valence-electron chi connectivity index (χ4n) is 4.59. The zero-order valence-corrected chi connectivity index (χ0v) is 26.3. The summed E-state index contributed by atoms with van der Waals surface area (Å²) in [6, 6.07) is 9.69. The number of nitrogens with zero attached hydrogens (tertiary/aromatic N) is 4. The van der Waals surface area contributed by atoms with Crippen molar-refractivity contribution in [3.05, 3.63) is 79.5 Å². The van der Waals surface area contributed by atoms with Gasteiger partial charge in [-0.2, -0.15) is 0 Å². The van der Waals surface area contributed by atoms with Gasteiger partial charge in [0.2, 0.25) is 16.7 Å². The molecule has 14 heteroatoms. The highest BCUT2D eigenvalue weighted by molar-refractivity contribution is 8.00. The maximum atomic E-state index is 14.0. The van der Waals surface area contributed by atoms with Crippen molar-refractivity contribution in [2.24, 2.45) is 0 Å². The van der Waals surface area contributed by atoms with E-state index >= 15 is 0 Å². The van der Waals surface area contributed by atoms with E-state index < -0.39 is 23.5 Å². The Balaban J connectivity index is 1.60. The number of hydrogen-bond donors (Lipinski definition) is 1. The van der Waals surface area contributed by atoms with Crippen LogP contribution in [0.15, 0.2) is 52.1 Å². The molecular weight excluding hydrogens is 620 g/mol. The Labute approximate surface area is 258 Å². The van der Waals surface area contributed by atoms with Crippen molar-refractivity contribution in [3.63, 3.8) is 0 Å². The van der Waals surface area contributed by atoms with Gasteiger partial charge in [-0.05, 0) is 43.2 Å². The van der Waals surface area contributed by atoms with Crippen molar-refractivity contribution in [2.45, 2.75) is 30.0 Å². The molecule has 10 nitrogen and oxygen atoms in total. The summed E-state index contributed by atoms with van der Waals surface area (Å²) in [6.45, 7) is 3.50. The number of carbonyl (C=O) groups is 2. The van der Waals surface area contributed by atoms with Crippen molar-refractivity contribution in [1.82, 2.24) is 15.2 Å². The number of methoxy groups -OCH3 is 3. The number of aryl methyl sites for hydroxylation is 2. The molecule has 2 aromatic heterocycles. The van der Waals surface area contributed by atoms with E-state index in [2.05, 4.69) is 15.2 Å². The van der Waals surface area contributed by atoms with E-state index in [-0.39, 0.29) is 10.7 Å². The number of benzene rings is 2. The molecule has 0 saturated heterocycles. The molecule has 0 spiro atoms. The maximum Gasteiger partial charge on any atom is 0.296 e. The van der Waals surface area contributed by atoms with Crippen molar-refractivity contribution in [2.75, 3.05) is 26.2 Å². The summed E-state index contributed by atoms with van der Waals surface area (Å²) in [6.07, 6.45) is 0. The first-order valence-corrected chi connectivity index (χ1v) is 15.4. The molecule has 0 bridgehead atoms. The Bertz CT molecular complexity index is 1690. The number of aliphatic hydroxyl groups excluding tert-OH is 1. The Kier molecular flexibility index (Phi) is 8.73. The molecule has 0 fully saturated rings. The molecule has 218 valence electrons. The first-order chi connectivity index (χ1) is 20.2. The van der Waals surface area contributed by atoms with Gasteiger partial charge in [0.25, 0.3) is 5.91 Å². The molecule has 0 saturated carbocycles. The Morgan fingerprint density at radius 2 is 1.76 bits per heavy atom. The molecule has 3 heterocycles. The zero-order chi connectivity index (χ0) is 30.1. The van der Waals surface area contributed by atoms with Gasteiger partial charge in [-0.1, -0.05) is 52.9 Å². The van der Waals surface area contributed by atoms with E-state index in [0.29, 0.717) is 53.5 Å². The minimum Gasteiger partial charge on any atom is -0.503 e. The molecule has 1 amide bonds. The van der Waals surface area contributed by atoms with Gasteiger partial charge in [-0.15, -0.1) is 21.5 Å². The van der Waals surface area contributed by atoms with Crippen LogP contribution in [0.3, 0.4) is 0 Å². The van der Waals surface area contributed by atoms with E-state index in [1.807, 2.05) is 24.3 Å². The van der Waals surface area contributed by atoms with Gasteiger partial charge < -0.3 is 19.3 Å². The Hall–Kier alpha value is -3.65. The summed E-state index contributed by atoms with van der Waals surface area (Å²) in [5.41, 5.74) is 1.76. The SMILES string of the molecule is COc1cc(C2C(C(=O)c3sc(C)nc3C)=C(O)C(=O)N2c2nnc(SCc3ccccc3Cl)s2)cc(OC)c1OC. The van der Waals surface area contributed by atoms with Gasteiger partial charge >= 0.3 is 0 Å².